The topological polar surface area (TPSA) is 55.6 Å². The van der Waals surface area contributed by atoms with Gasteiger partial charge in [-0.3, -0.25) is 0 Å². The second-order valence-electron chi connectivity index (χ2n) is 5.15. The molecule has 1 aromatic heterocycles. The van der Waals surface area contributed by atoms with Gasteiger partial charge in [0, 0.05) is 11.7 Å². The maximum absolute atomic E-state index is 3.93. The van der Waals surface area contributed by atoms with Gasteiger partial charge in [0.2, 0.25) is 0 Å². The number of benzene rings is 1. The summed E-state index contributed by atoms with van der Waals surface area (Å²) >= 11 is 0. The van der Waals surface area contributed by atoms with Crippen LogP contribution in [0.1, 0.15) is 45.1 Å². The molecular weight excluding hydrogens is 250 g/mol. The average molecular weight is 273 g/mol. The molecule has 0 saturated heterocycles. The average Bonchev–Trinajstić information content (AvgIpc) is 2.97. The van der Waals surface area contributed by atoms with Gasteiger partial charge < -0.3 is 5.32 Å². The van der Waals surface area contributed by atoms with Crippen molar-refractivity contribution in [2.24, 2.45) is 0 Å². The lowest BCUT2D eigenvalue weighted by molar-refractivity contribution is 0.593. The highest BCUT2D eigenvalue weighted by Crippen LogP contribution is 2.20. The number of rotatable bonds is 7. The predicted molar refractivity (Wildman–Crippen MR) is 81.1 cm³/mol. The molecule has 1 heterocycles. The van der Waals surface area contributed by atoms with Crippen LogP contribution >= 0.6 is 0 Å². The quantitative estimate of drug-likeness (QED) is 0.840. The van der Waals surface area contributed by atoms with Crippen molar-refractivity contribution >= 4 is 5.69 Å². The third-order valence-electron chi connectivity index (χ3n) is 3.56. The van der Waals surface area contributed by atoms with Crippen LogP contribution in [-0.4, -0.2) is 26.2 Å². The molecule has 0 saturated carbocycles. The second kappa shape index (κ2) is 7.03. The molecule has 0 aliphatic carbocycles. The van der Waals surface area contributed by atoms with Crippen molar-refractivity contribution in [3.8, 4) is 5.69 Å². The zero-order chi connectivity index (χ0) is 14.4. The van der Waals surface area contributed by atoms with E-state index in [1.807, 2.05) is 0 Å². The first-order chi connectivity index (χ1) is 9.74. The van der Waals surface area contributed by atoms with Gasteiger partial charge in [-0.05, 0) is 54.0 Å². The smallest absolute Gasteiger partial charge is 0.143 e. The van der Waals surface area contributed by atoms with E-state index in [2.05, 4.69) is 59.8 Å². The van der Waals surface area contributed by atoms with Crippen molar-refractivity contribution < 1.29 is 0 Å². The summed E-state index contributed by atoms with van der Waals surface area (Å²) in [5.41, 5.74) is 3.34. The van der Waals surface area contributed by atoms with Crippen LogP contribution in [0.15, 0.2) is 24.5 Å². The highest BCUT2D eigenvalue weighted by Gasteiger charge is 2.08. The largest absolute Gasteiger partial charge is 0.382 e. The lowest BCUT2D eigenvalue weighted by atomic mass is 10.1. The standard InChI is InChI=1S/C15H23N5/c1-4-6-7-13(5-2)17-14-8-9-15(12(3)10-14)20-11-16-18-19-20/h8-11,13,17H,4-7H2,1-3H3. The minimum absolute atomic E-state index is 0.549. The van der Waals surface area contributed by atoms with Gasteiger partial charge in [0.1, 0.15) is 6.33 Å². The fraction of sp³-hybridized carbons (Fsp3) is 0.533. The Morgan fingerprint density at radius 3 is 2.75 bits per heavy atom. The lowest BCUT2D eigenvalue weighted by Gasteiger charge is -2.19. The third-order valence-corrected chi connectivity index (χ3v) is 3.56. The van der Waals surface area contributed by atoms with E-state index in [0.717, 1.165) is 17.7 Å². The predicted octanol–water partition coefficient (Wildman–Crippen LogP) is 3.35. The Labute approximate surface area is 120 Å². The molecule has 1 atom stereocenters. The third kappa shape index (κ3) is 3.56. The maximum atomic E-state index is 3.93. The van der Waals surface area contributed by atoms with Crippen LogP contribution in [0.25, 0.3) is 5.69 Å². The molecule has 0 spiro atoms. The first-order valence-corrected chi connectivity index (χ1v) is 7.35. The Kier molecular flexibility index (Phi) is 5.09. The summed E-state index contributed by atoms with van der Waals surface area (Å²) in [5.74, 6) is 0. The minimum atomic E-state index is 0.549. The van der Waals surface area contributed by atoms with E-state index in [1.165, 1.54) is 24.9 Å². The first kappa shape index (κ1) is 14.5. The number of nitrogens with one attached hydrogen (secondary N) is 1. The van der Waals surface area contributed by atoms with E-state index in [4.69, 9.17) is 0 Å². The Morgan fingerprint density at radius 1 is 1.30 bits per heavy atom. The van der Waals surface area contributed by atoms with Crippen molar-refractivity contribution in [3.63, 3.8) is 0 Å². The van der Waals surface area contributed by atoms with Crippen LogP contribution in [0, 0.1) is 6.92 Å². The van der Waals surface area contributed by atoms with Gasteiger partial charge in [0.05, 0.1) is 5.69 Å². The van der Waals surface area contributed by atoms with Crippen molar-refractivity contribution in [1.82, 2.24) is 20.2 Å². The maximum Gasteiger partial charge on any atom is 0.143 e. The molecule has 0 amide bonds. The molecule has 1 aromatic carbocycles. The number of anilines is 1. The molecule has 20 heavy (non-hydrogen) atoms. The number of hydrogen-bond donors (Lipinski definition) is 1. The van der Waals surface area contributed by atoms with Crippen molar-refractivity contribution in [1.29, 1.82) is 0 Å². The summed E-state index contributed by atoms with van der Waals surface area (Å²) in [6, 6.07) is 6.86. The van der Waals surface area contributed by atoms with Gasteiger partial charge in [0.15, 0.2) is 0 Å². The fourth-order valence-corrected chi connectivity index (χ4v) is 2.34. The molecule has 5 nitrogen and oxygen atoms in total. The minimum Gasteiger partial charge on any atom is -0.382 e. The summed E-state index contributed by atoms with van der Waals surface area (Å²) in [6.07, 6.45) is 6.50. The van der Waals surface area contributed by atoms with Gasteiger partial charge >= 0.3 is 0 Å². The molecule has 108 valence electrons. The van der Waals surface area contributed by atoms with Gasteiger partial charge in [-0.15, -0.1) is 5.10 Å². The molecule has 2 rings (SSSR count). The zero-order valence-electron chi connectivity index (χ0n) is 12.5. The summed E-state index contributed by atoms with van der Waals surface area (Å²) in [5, 5.41) is 14.9. The van der Waals surface area contributed by atoms with Crippen LogP contribution in [0.4, 0.5) is 5.69 Å². The summed E-state index contributed by atoms with van der Waals surface area (Å²) in [7, 11) is 0. The SMILES string of the molecule is CCCCC(CC)Nc1ccc(-n2cnnn2)c(C)c1. The molecule has 1 N–H and O–H groups in total. The summed E-state index contributed by atoms with van der Waals surface area (Å²) in [4.78, 5) is 0. The molecular formula is C15H23N5. The molecule has 0 radical (unpaired) electrons. The van der Waals surface area contributed by atoms with Crippen LogP contribution in [0.3, 0.4) is 0 Å². The summed E-state index contributed by atoms with van der Waals surface area (Å²) in [6.45, 7) is 6.54. The molecule has 5 heteroatoms. The lowest BCUT2D eigenvalue weighted by Crippen LogP contribution is -2.18. The highest BCUT2D eigenvalue weighted by atomic mass is 15.5. The molecule has 0 aliphatic rings. The van der Waals surface area contributed by atoms with Gasteiger partial charge in [-0.25, -0.2) is 4.68 Å². The number of aromatic nitrogens is 4. The van der Waals surface area contributed by atoms with E-state index in [0.29, 0.717) is 6.04 Å². The van der Waals surface area contributed by atoms with Crippen LogP contribution in [0.2, 0.25) is 0 Å². The van der Waals surface area contributed by atoms with E-state index >= 15 is 0 Å². The zero-order valence-corrected chi connectivity index (χ0v) is 12.5. The molecule has 2 aromatic rings. The van der Waals surface area contributed by atoms with Crippen molar-refractivity contribution in [2.45, 2.75) is 52.5 Å². The Hall–Kier alpha value is -1.91. The Balaban J connectivity index is 2.08. The monoisotopic (exact) mass is 273 g/mol. The van der Waals surface area contributed by atoms with Crippen LogP contribution < -0.4 is 5.32 Å². The number of aryl methyl sites for hydroxylation is 1. The van der Waals surface area contributed by atoms with Gasteiger partial charge in [0.25, 0.3) is 0 Å². The molecule has 0 bridgehead atoms. The van der Waals surface area contributed by atoms with E-state index < -0.39 is 0 Å². The normalized spacial score (nSPS) is 12.3. The second-order valence-corrected chi connectivity index (χ2v) is 5.15. The molecule has 0 aliphatic heterocycles. The number of tetrazole rings is 1. The van der Waals surface area contributed by atoms with Crippen molar-refractivity contribution in [2.75, 3.05) is 5.32 Å². The van der Waals surface area contributed by atoms with E-state index in [9.17, 15) is 0 Å². The highest BCUT2D eigenvalue weighted by molar-refractivity contribution is 5.53. The molecule has 1 unspecified atom stereocenters. The number of nitrogens with zero attached hydrogens (tertiary/aromatic N) is 4. The van der Waals surface area contributed by atoms with E-state index in [-0.39, 0.29) is 0 Å². The first-order valence-electron chi connectivity index (χ1n) is 7.35. The van der Waals surface area contributed by atoms with Gasteiger partial charge in [-0.2, -0.15) is 0 Å². The van der Waals surface area contributed by atoms with Crippen molar-refractivity contribution in [3.05, 3.63) is 30.1 Å². The fourth-order valence-electron chi connectivity index (χ4n) is 2.34. The summed E-state index contributed by atoms with van der Waals surface area (Å²) < 4.78 is 1.69. The number of unbranched alkanes of at least 4 members (excludes halogenated alkanes) is 1. The number of hydrogen-bond acceptors (Lipinski definition) is 4. The Morgan fingerprint density at radius 2 is 2.15 bits per heavy atom. The van der Waals surface area contributed by atoms with Gasteiger partial charge in [-0.1, -0.05) is 26.7 Å². The van der Waals surface area contributed by atoms with Crippen LogP contribution in [0.5, 0.6) is 0 Å². The Bertz CT molecular complexity index is 521. The van der Waals surface area contributed by atoms with E-state index in [1.54, 1.807) is 11.0 Å². The molecule has 0 fully saturated rings. The van der Waals surface area contributed by atoms with Crippen LogP contribution in [-0.2, 0) is 0 Å².